The molecule has 0 N–H and O–H groups in total. The number of amides is 1. The molecule has 0 radical (unpaired) electrons. The van der Waals surface area contributed by atoms with Crippen molar-refractivity contribution in [1.29, 1.82) is 0 Å². The van der Waals surface area contributed by atoms with Gasteiger partial charge in [-0.2, -0.15) is 5.10 Å². The van der Waals surface area contributed by atoms with Gasteiger partial charge >= 0.3 is 5.97 Å². The lowest BCUT2D eigenvalue weighted by Crippen LogP contribution is -2.41. The van der Waals surface area contributed by atoms with E-state index in [1.54, 1.807) is 18.7 Å². The number of aryl methyl sites for hydroxylation is 1. The summed E-state index contributed by atoms with van der Waals surface area (Å²) in [5.41, 5.74) is 1.29. The number of ether oxygens (including phenoxy) is 1. The number of rotatable bonds is 5. The summed E-state index contributed by atoms with van der Waals surface area (Å²) in [6, 6.07) is -0.0866. The van der Waals surface area contributed by atoms with Gasteiger partial charge in [0.15, 0.2) is 0 Å². The minimum absolute atomic E-state index is 0.0430. The Hall–Kier alpha value is -1.85. The highest BCUT2D eigenvalue weighted by molar-refractivity contribution is 5.96. The van der Waals surface area contributed by atoms with E-state index in [0.717, 1.165) is 5.69 Å². The normalized spacial score (nSPS) is 10.6. The molecule has 106 valence electrons. The third-order valence-electron chi connectivity index (χ3n) is 2.95. The average Bonchev–Trinajstić information content (AvgIpc) is 2.66. The number of hydrogen-bond donors (Lipinski definition) is 0. The first-order valence-corrected chi connectivity index (χ1v) is 6.33. The second-order valence-electron chi connectivity index (χ2n) is 4.60. The first-order valence-electron chi connectivity index (χ1n) is 6.33. The highest BCUT2D eigenvalue weighted by Crippen LogP contribution is 2.12. The van der Waals surface area contributed by atoms with Gasteiger partial charge in [0.2, 0.25) is 0 Å². The van der Waals surface area contributed by atoms with Crippen LogP contribution in [-0.4, -0.2) is 45.8 Å². The van der Waals surface area contributed by atoms with E-state index in [4.69, 9.17) is 4.74 Å². The maximum atomic E-state index is 12.4. The van der Waals surface area contributed by atoms with Crippen LogP contribution in [0, 0.1) is 6.92 Å². The van der Waals surface area contributed by atoms with E-state index in [1.807, 2.05) is 20.8 Å². The summed E-state index contributed by atoms with van der Waals surface area (Å²) in [5.74, 6) is -0.597. The Kier molecular flexibility index (Phi) is 5.09. The minimum atomic E-state index is -0.397. The maximum absolute atomic E-state index is 12.4. The van der Waals surface area contributed by atoms with Gasteiger partial charge < -0.3 is 9.64 Å². The molecular weight excluding hydrogens is 246 g/mol. The van der Waals surface area contributed by atoms with Gasteiger partial charge in [-0.15, -0.1) is 0 Å². The summed E-state index contributed by atoms with van der Waals surface area (Å²) in [5, 5.41) is 4.05. The van der Waals surface area contributed by atoms with Gasteiger partial charge in [-0.3, -0.25) is 14.3 Å². The zero-order valence-electron chi connectivity index (χ0n) is 12.1. The number of nitrogens with zero attached hydrogens (tertiary/aromatic N) is 3. The fourth-order valence-corrected chi connectivity index (χ4v) is 1.70. The quantitative estimate of drug-likeness (QED) is 0.750. The molecule has 0 aliphatic heterocycles. The van der Waals surface area contributed by atoms with Crippen LogP contribution in [0.2, 0.25) is 0 Å². The van der Waals surface area contributed by atoms with Crippen LogP contribution in [0.5, 0.6) is 0 Å². The Morgan fingerprint density at radius 2 is 2.11 bits per heavy atom. The van der Waals surface area contributed by atoms with Gasteiger partial charge in [0.1, 0.15) is 6.54 Å². The number of esters is 1. The topological polar surface area (TPSA) is 64.4 Å². The van der Waals surface area contributed by atoms with E-state index in [2.05, 4.69) is 5.10 Å². The Balaban J connectivity index is 2.90. The summed E-state index contributed by atoms with van der Waals surface area (Å²) in [6.45, 7) is 7.56. The van der Waals surface area contributed by atoms with Crippen LogP contribution < -0.4 is 0 Å². The lowest BCUT2D eigenvalue weighted by atomic mass is 10.2. The van der Waals surface area contributed by atoms with E-state index in [9.17, 15) is 9.59 Å². The molecule has 0 saturated heterocycles. The SMILES string of the molecule is CCOC(=O)CN(C(=O)c1cnn(C)c1C)C(C)C. The second kappa shape index (κ2) is 6.36. The molecule has 6 heteroatoms. The molecule has 0 aliphatic carbocycles. The third kappa shape index (κ3) is 3.56. The average molecular weight is 267 g/mol. The van der Waals surface area contributed by atoms with Crippen molar-refractivity contribution in [2.24, 2.45) is 7.05 Å². The Bertz CT molecular complexity index is 466. The molecule has 19 heavy (non-hydrogen) atoms. The first-order chi connectivity index (χ1) is 8.88. The highest BCUT2D eigenvalue weighted by atomic mass is 16.5. The van der Waals surface area contributed by atoms with Crippen molar-refractivity contribution in [3.63, 3.8) is 0 Å². The molecule has 0 fully saturated rings. The summed E-state index contributed by atoms with van der Waals surface area (Å²) in [6.07, 6.45) is 1.53. The third-order valence-corrected chi connectivity index (χ3v) is 2.95. The predicted molar refractivity (Wildman–Crippen MR) is 70.8 cm³/mol. The molecule has 1 aromatic rings. The lowest BCUT2D eigenvalue weighted by molar-refractivity contribution is -0.144. The number of carbonyl (C=O) groups excluding carboxylic acids is 2. The molecule has 0 unspecified atom stereocenters. The van der Waals surface area contributed by atoms with Crippen LogP contribution in [0.1, 0.15) is 36.8 Å². The number of aromatic nitrogens is 2. The molecule has 1 aromatic heterocycles. The minimum Gasteiger partial charge on any atom is -0.465 e. The molecule has 0 atom stereocenters. The molecule has 1 rings (SSSR count). The van der Waals surface area contributed by atoms with Gasteiger partial charge in [0.05, 0.1) is 18.4 Å². The molecule has 0 aromatic carbocycles. The van der Waals surface area contributed by atoms with E-state index in [1.165, 1.54) is 11.1 Å². The largest absolute Gasteiger partial charge is 0.465 e. The molecule has 0 bridgehead atoms. The molecule has 1 amide bonds. The van der Waals surface area contributed by atoms with Crippen molar-refractivity contribution >= 4 is 11.9 Å². The van der Waals surface area contributed by atoms with Gasteiger partial charge in [0, 0.05) is 18.8 Å². The van der Waals surface area contributed by atoms with Crippen molar-refractivity contribution < 1.29 is 14.3 Å². The van der Waals surface area contributed by atoms with E-state index in [-0.39, 0.29) is 18.5 Å². The fraction of sp³-hybridized carbons (Fsp3) is 0.615. The predicted octanol–water partition coefficient (Wildman–Crippen LogP) is 1.14. The van der Waals surface area contributed by atoms with Crippen LogP contribution in [0.4, 0.5) is 0 Å². The van der Waals surface area contributed by atoms with Gasteiger partial charge in [-0.25, -0.2) is 0 Å². The monoisotopic (exact) mass is 267 g/mol. The molecular formula is C13H21N3O3. The van der Waals surface area contributed by atoms with Crippen LogP contribution in [0.15, 0.2) is 6.20 Å². The summed E-state index contributed by atoms with van der Waals surface area (Å²) >= 11 is 0. The Morgan fingerprint density at radius 1 is 1.47 bits per heavy atom. The number of carbonyl (C=O) groups is 2. The molecule has 6 nitrogen and oxygen atoms in total. The summed E-state index contributed by atoms with van der Waals surface area (Å²) < 4.78 is 6.53. The summed E-state index contributed by atoms with van der Waals surface area (Å²) in [7, 11) is 1.77. The van der Waals surface area contributed by atoms with Crippen molar-refractivity contribution in [2.45, 2.75) is 33.7 Å². The zero-order chi connectivity index (χ0) is 14.6. The molecule has 0 aliphatic rings. The van der Waals surface area contributed by atoms with Crippen LogP contribution in [0.3, 0.4) is 0 Å². The standard InChI is InChI=1S/C13H21N3O3/c1-6-19-12(17)8-16(9(2)3)13(18)11-7-14-15(5)10(11)4/h7,9H,6,8H2,1-5H3. The first kappa shape index (κ1) is 15.2. The molecule has 1 heterocycles. The Morgan fingerprint density at radius 3 is 2.53 bits per heavy atom. The van der Waals surface area contributed by atoms with Crippen molar-refractivity contribution in [1.82, 2.24) is 14.7 Å². The lowest BCUT2D eigenvalue weighted by Gasteiger charge is -2.25. The van der Waals surface area contributed by atoms with Crippen molar-refractivity contribution in [3.05, 3.63) is 17.5 Å². The van der Waals surface area contributed by atoms with Crippen LogP contribution in [0.25, 0.3) is 0 Å². The smallest absolute Gasteiger partial charge is 0.325 e. The van der Waals surface area contributed by atoms with Gasteiger partial charge in [0.25, 0.3) is 5.91 Å². The fourth-order valence-electron chi connectivity index (χ4n) is 1.70. The van der Waals surface area contributed by atoms with Crippen molar-refractivity contribution in [2.75, 3.05) is 13.2 Å². The van der Waals surface area contributed by atoms with Gasteiger partial charge in [-0.1, -0.05) is 0 Å². The van der Waals surface area contributed by atoms with Crippen LogP contribution >= 0.6 is 0 Å². The van der Waals surface area contributed by atoms with E-state index >= 15 is 0 Å². The summed E-state index contributed by atoms with van der Waals surface area (Å²) in [4.78, 5) is 25.5. The molecule has 0 saturated carbocycles. The Labute approximate surface area is 113 Å². The van der Waals surface area contributed by atoms with Crippen LogP contribution in [-0.2, 0) is 16.6 Å². The number of hydrogen-bond acceptors (Lipinski definition) is 4. The highest BCUT2D eigenvalue weighted by Gasteiger charge is 2.24. The second-order valence-corrected chi connectivity index (χ2v) is 4.60. The maximum Gasteiger partial charge on any atom is 0.325 e. The zero-order valence-corrected chi connectivity index (χ0v) is 12.1. The van der Waals surface area contributed by atoms with Gasteiger partial charge in [-0.05, 0) is 27.7 Å². The van der Waals surface area contributed by atoms with Crippen molar-refractivity contribution in [3.8, 4) is 0 Å². The van der Waals surface area contributed by atoms with E-state index < -0.39 is 5.97 Å². The molecule has 0 spiro atoms. The van der Waals surface area contributed by atoms with E-state index in [0.29, 0.717) is 12.2 Å².